The number of aliphatic carboxylic acids is 1. The Bertz CT molecular complexity index is 857. The van der Waals surface area contributed by atoms with Gasteiger partial charge in [-0.25, -0.2) is 14.4 Å². The molecule has 0 spiro atoms. The predicted molar refractivity (Wildman–Crippen MR) is 146 cm³/mol. The first-order valence-electron chi connectivity index (χ1n) is 13.7. The summed E-state index contributed by atoms with van der Waals surface area (Å²) in [4.78, 5) is 52.8. The van der Waals surface area contributed by atoms with Gasteiger partial charge in [-0.3, -0.25) is 9.69 Å². The van der Waals surface area contributed by atoms with Gasteiger partial charge in [0.25, 0.3) is 0 Å². The summed E-state index contributed by atoms with van der Waals surface area (Å²) in [5.74, 6) is -1.93. The van der Waals surface area contributed by atoms with Crippen molar-refractivity contribution in [1.29, 1.82) is 0 Å². The Labute approximate surface area is 232 Å². The molecule has 1 aliphatic rings. The molecule has 0 aromatic rings. The Morgan fingerprint density at radius 1 is 1.05 bits per heavy atom. The molecule has 0 bridgehead atoms. The number of hydrogen-bond donors (Lipinski definition) is 5. The maximum atomic E-state index is 13.3. The van der Waals surface area contributed by atoms with E-state index in [2.05, 4.69) is 10.6 Å². The van der Waals surface area contributed by atoms with Crippen molar-refractivity contribution in [2.45, 2.75) is 129 Å². The molecule has 0 aliphatic carbocycles. The van der Waals surface area contributed by atoms with Gasteiger partial charge in [-0.1, -0.05) is 33.1 Å². The van der Waals surface area contributed by atoms with Crippen LogP contribution in [0, 0.1) is 5.92 Å². The number of nitrogens with one attached hydrogen (secondary N) is 2. The Morgan fingerprint density at radius 2 is 1.64 bits per heavy atom. The fourth-order valence-electron chi connectivity index (χ4n) is 4.54. The molecule has 0 aromatic heterocycles. The molecule has 5 N–H and O–H groups in total. The highest BCUT2D eigenvalue weighted by atomic mass is 16.6. The molecule has 1 aliphatic heterocycles. The average molecular weight is 557 g/mol. The standard InChI is InChI=1S/C26H48BN3O9/c1-9-17(2)19(29-22(34)38-24(3,4)5)20(31)28-18-12-15-30(23(35)39-25(6,7)8)26(16-18,21(32)33)13-10-11-14-27(36)37/h17-19,36-37H,9-16H2,1-8H3,(H,28,31)(H,29,34)(H,32,33)/t17-,18-,19-,26+/m0/s1. The third-order valence-corrected chi connectivity index (χ3v) is 6.63. The highest BCUT2D eigenvalue weighted by Crippen LogP contribution is 2.35. The van der Waals surface area contributed by atoms with Gasteiger partial charge in [0.15, 0.2) is 0 Å². The number of hydrogen-bond acceptors (Lipinski definition) is 8. The summed E-state index contributed by atoms with van der Waals surface area (Å²) in [6.45, 7) is 14.0. The summed E-state index contributed by atoms with van der Waals surface area (Å²) in [6.07, 6.45) is 0.0571. The first-order valence-corrected chi connectivity index (χ1v) is 13.7. The lowest BCUT2D eigenvalue weighted by molar-refractivity contribution is -0.155. The van der Waals surface area contributed by atoms with E-state index in [-0.39, 0.29) is 38.0 Å². The summed E-state index contributed by atoms with van der Waals surface area (Å²) in [5, 5.41) is 34.3. The summed E-state index contributed by atoms with van der Waals surface area (Å²) in [6, 6.07) is -1.50. The lowest BCUT2D eigenvalue weighted by atomic mass is 9.77. The van der Waals surface area contributed by atoms with Crippen LogP contribution < -0.4 is 10.6 Å². The molecular formula is C26H48BN3O9. The molecule has 1 saturated heterocycles. The van der Waals surface area contributed by atoms with Crippen LogP contribution in [0.15, 0.2) is 0 Å². The van der Waals surface area contributed by atoms with Crippen molar-refractivity contribution < 1.29 is 43.8 Å². The molecule has 1 rings (SSSR count). The molecule has 1 fully saturated rings. The molecule has 12 nitrogen and oxygen atoms in total. The molecule has 224 valence electrons. The van der Waals surface area contributed by atoms with Crippen LogP contribution in [0.5, 0.6) is 0 Å². The monoisotopic (exact) mass is 557 g/mol. The second-order valence-corrected chi connectivity index (χ2v) is 12.4. The third kappa shape index (κ3) is 11.2. The van der Waals surface area contributed by atoms with Crippen LogP contribution in [0.3, 0.4) is 0 Å². The number of carboxylic acid groups (broad SMARTS) is 1. The van der Waals surface area contributed by atoms with E-state index in [9.17, 15) is 34.3 Å². The molecule has 4 atom stereocenters. The number of nitrogens with zero attached hydrogens (tertiary/aromatic N) is 1. The maximum absolute atomic E-state index is 13.3. The molecule has 3 amide bonds. The van der Waals surface area contributed by atoms with Crippen molar-refractivity contribution in [2.75, 3.05) is 6.54 Å². The molecule has 0 radical (unpaired) electrons. The SMILES string of the molecule is CC[C@H](C)[C@H](NC(=O)OC(C)(C)C)C(=O)N[C@H]1CCN(C(=O)OC(C)(C)C)[C@@](CCCCB(O)O)(C(=O)O)C1. The fourth-order valence-corrected chi connectivity index (χ4v) is 4.54. The Balaban J connectivity index is 3.19. The number of likely N-dealkylation sites (tertiary alicyclic amines) is 1. The summed E-state index contributed by atoms with van der Waals surface area (Å²) < 4.78 is 10.8. The molecule has 0 saturated carbocycles. The number of piperidine rings is 1. The minimum absolute atomic E-state index is 0.0300. The first-order chi connectivity index (χ1) is 17.8. The fraction of sp³-hybridized carbons (Fsp3) is 0.846. The maximum Gasteiger partial charge on any atom is 0.451 e. The van der Waals surface area contributed by atoms with Crippen molar-refractivity contribution in [3.63, 3.8) is 0 Å². The largest absolute Gasteiger partial charge is 0.479 e. The van der Waals surface area contributed by atoms with Crippen LogP contribution >= 0.6 is 0 Å². The van der Waals surface area contributed by atoms with Crippen molar-refractivity contribution in [1.82, 2.24) is 15.5 Å². The van der Waals surface area contributed by atoms with Gasteiger partial charge in [-0.2, -0.15) is 0 Å². The molecular weight excluding hydrogens is 509 g/mol. The Morgan fingerprint density at radius 3 is 2.13 bits per heavy atom. The highest BCUT2D eigenvalue weighted by Gasteiger charge is 2.52. The van der Waals surface area contributed by atoms with Crippen LogP contribution in [-0.2, 0) is 19.1 Å². The van der Waals surface area contributed by atoms with Crippen molar-refractivity contribution >= 4 is 31.2 Å². The number of rotatable bonds is 11. The zero-order valence-electron chi connectivity index (χ0n) is 24.7. The second kappa shape index (κ2) is 14.2. The summed E-state index contributed by atoms with van der Waals surface area (Å²) >= 11 is 0. The van der Waals surface area contributed by atoms with Crippen LogP contribution in [0.2, 0.25) is 6.32 Å². The zero-order chi connectivity index (χ0) is 30.2. The molecule has 0 unspecified atom stereocenters. The van der Waals surface area contributed by atoms with E-state index in [0.717, 1.165) is 0 Å². The predicted octanol–water partition coefficient (Wildman–Crippen LogP) is 2.91. The Hall–Kier alpha value is -2.54. The van der Waals surface area contributed by atoms with Gasteiger partial charge in [0, 0.05) is 19.0 Å². The average Bonchev–Trinajstić information content (AvgIpc) is 2.77. The van der Waals surface area contributed by atoms with E-state index in [1.165, 1.54) is 4.90 Å². The Kier molecular flexibility index (Phi) is 12.6. The zero-order valence-corrected chi connectivity index (χ0v) is 24.7. The van der Waals surface area contributed by atoms with Crippen LogP contribution in [0.25, 0.3) is 0 Å². The van der Waals surface area contributed by atoms with Gasteiger partial charge in [0.2, 0.25) is 5.91 Å². The lowest BCUT2D eigenvalue weighted by Gasteiger charge is -2.47. The van der Waals surface area contributed by atoms with Crippen molar-refractivity contribution in [2.24, 2.45) is 5.92 Å². The minimum atomic E-state index is -1.68. The van der Waals surface area contributed by atoms with Gasteiger partial charge in [0.1, 0.15) is 22.8 Å². The quantitative estimate of drug-likeness (QED) is 0.189. The molecule has 39 heavy (non-hydrogen) atoms. The molecule has 1 heterocycles. The third-order valence-electron chi connectivity index (χ3n) is 6.63. The summed E-state index contributed by atoms with van der Waals surface area (Å²) in [5.41, 5.74) is -3.27. The van der Waals surface area contributed by atoms with Crippen molar-refractivity contribution in [3.8, 4) is 0 Å². The summed E-state index contributed by atoms with van der Waals surface area (Å²) in [7, 11) is -1.51. The van der Waals surface area contributed by atoms with E-state index < -0.39 is 60.0 Å². The van der Waals surface area contributed by atoms with E-state index >= 15 is 0 Å². The van der Waals surface area contributed by atoms with E-state index in [0.29, 0.717) is 19.3 Å². The second-order valence-electron chi connectivity index (χ2n) is 12.4. The topological polar surface area (TPSA) is 175 Å². The van der Waals surface area contributed by atoms with Gasteiger partial charge in [0.05, 0.1) is 0 Å². The number of carboxylic acids is 1. The van der Waals surface area contributed by atoms with Crippen LogP contribution in [0.1, 0.15) is 93.9 Å². The van der Waals surface area contributed by atoms with E-state index in [1.54, 1.807) is 41.5 Å². The smallest absolute Gasteiger partial charge is 0.451 e. The van der Waals surface area contributed by atoms with E-state index in [4.69, 9.17) is 9.47 Å². The number of carbonyl (C=O) groups excluding carboxylic acids is 3. The minimum Gasteiger partial charge on any atom is -0.479 e. The van der Waals surface area contributed by atoms with E-state index in [1.807, 2.05) is 13.8 Å². The highest BCUT2D eigenvalue weighted by molar-refractivity contribution is 6.40. The van der Waals surface area contributed by atoms with Gasteiger partial charge < -0.3 is 35.3 Å². The number of ether oxygens (including phenoxy) is 2. The van der Waals surface area contributed by atoms with Crippen molar-refractivity contribution in [3.05, 3.63) is 0 Å². The number of unbranched alkanes of at least 4 members (excludes halogenated alkanes) is 1. The number of amides is 3. The van der Waals surface area contributed by atoms with Gasteiger partial charge in [-0.15, -0.1) is 0 Å². The number of alkyl carbamates (subject to hydrolysis) is 1. The normalized spacial score (nSPS) is 21.4. The number of carbonyl (C=O) groups is 4. The first kappa shape index (κ1) is 34.5. The van der Waals surface area contributed by atoms with Crippen LogP contribution in [-0.4, -0.2) is 86.6 Å². The molecule has 0 aromatic carbocycles. The van der Waals surface area contributed by atoms with Gasteiger partial charge in [-0.05, 0) is 66.6 Å². The van der Waals surface area contributed by atoms with Gasteiger partial charge >= 0.3 is 25.3 Å². The van der Waals surface area contributed by atoms with Crippen LogP contribution in [0.4, 0.5) is 9.59 Å². The molecule has 13 heteroatoms. The lowest BCUT2D eigenvalue weighted by Crippen LogP contribution is -2.65.